The Morgan fingerprint density at radius 3 is 2.38 bits per heavy atom. The lowest BCUT2D eigenvalue weighted by atomic mass is 9.81. The van der Waals surface area contributed by atoms with E-state index in [4.69, 9.17) is 5.73 Å². The fourth-order valence-corrected chi connectivity index (χ4v) is 4.27. The molecular weight excluding hydrogens is 284 g/mol. The average Bonchev–Trinajstić information content (AvgIpc) is 2.48. The third-order valence-electron chi connectivity index (χ3n) is 4.54. The van der Waals surface area contributed by atoms with E-state index in [1.807, 2.05) is 12.1 Å². The van der Waals surface area contributed by atoms with Gasteiger partial charge in [-0.3, -0.25) is 0 Å². The smallest absolute Gasteiger partial charge is 0.215 e. The summed E-state index contributed by atoms with van der Waals surface area (Å²) in [4.78, 5) is 0. The van der Waals surface area contributed by atoms with E-state index < -0.39 is 10.0 Å². The predicted molar refractivity (Wildman–Crippen MR) is 87.2 cm³/mol. The monoisotopic (exact) mass is 310 g/mol. The van der Waals surface area contributed by atoms with Gasteiger partial charge in [-0.25, -0.2) is 13.1 Å². The molecule has 1 fully saturated rings. The maximum atomic E-state index is 12.1. The van der Waals surface area contributed by atoms with Gasteiger partial charge in [0.2, 0.25) is 10.0 Å². The number of rotatable bonds is 6. The molecule has 0 unspecified atom stereocenters. The molecule has 0 bridgehead atoms. The minimum atomic E-state index is -3.31. The molecule has 0 atom stereocenters. The molecule has 1 aliphatic carbocycles. The van der Waals surface area contributed by atoms with Crippen LogP contribution < -0.4 is 10.5 Å². The molecule has 3 N–H and O–H groups in total. The van der Waals surface area contributed by atoms with Crippen LogP contribution in [0.4, 0.5) is 5.69 Å². The second-order valence-corrected chi connectivity index (χ2v) is 7.91. The second-order valence-electron chi connectivity index (χ2n) is 6.10. The number of nitrogens with two attached hydrogens (primary N) is 1. The highest BCUT2D eigenvalue weighted by atomic mass is 32.2. The minimum Gasteiger partial charge on any atom is -0.398 e. The molecule has 0 aromatic heterocycles. The van der Waals surface area contributed by atoms with E-state index in [0.29, 0.717) is 23.7 Å². The summed E-state index contributed by atoms with van der Waals surface area (Å²) in [5, 5.41) is 0. The van der Waals surface area contributed by atoms with Crippen molar-refractivity contribution in [1.82, 2.24) is 4.72 Å². The van der Waals surface area contributed by atoms with E-state index in [1.165, 1.54) is 19.3 Å². The lowest BCUT2D eigenvalue weighted by Gasteiger charge is -2.27. The molecule has 0 amide bonds. The van der Waals surface area contributed by atoms with E-state index in [9.17, 15) is 8.42 Å². The number of anilines is 1. The van der Waals surface area contributed by atoms with E-state index >= 15 is 0 Å². The number of hydrogen-bond donors (Lipinski definition) is 2. The predicted octanol–water partition coefficient (Wildman–Crippen LogP) is 2.90. The molecule has 0 heterocycles. The zero-order chi connectivity index (χ0) is 15.3. The lowest BCUT2D eigenvalue weighted by molar-refractivity contribution is 0.270. The van der Waals surface area contributed by atoms with Gasteiger partial charge in [-0.05, 0) is 36.3 Å². The molecule has 118 valence electrons. The van der Waals surface area contributed by atoms with Crippen molar-refractivity contribution in [3.05, 3.63) is 29.8 Å². The van der Waals surface area contributed by atoms with Crippen molar-refractivity contribution in [3.63, 3.8) is 0 Å². The summed E-state index contributed by atoms with van der Waals surface area (Å²) in [7, 11) is -3.31. The van der Waals surface area contributed by atoms with Gasteiger partial charge in [0.1, 0.15) is 0 Å². The normalized spacial score (nSPS) is 23.1. The van der Waals surface area contributed by atoms with Gasteiger partial charge >= 0.3 is 0 Å². The molecule has 4 nitrogen and oxygen atoms in total. The van der Waals surface area contributed by atoms with Gasteiger partial charge in [-0.15, -0.1) is 0 Å². The van der Waals surface area contributed by atoms with Crippen LogP contribution in [0.25, 0.3) is 0 Å². The van der Waals surface area contributed by atoms with Crippen LogP contribution in [0.5, 0.6) is 0 Å². The zero-order valence-corrected chi connectivity index (χ0v) is 13.5. The van der Waals surface area contributed by atoms with Crippen LogP contribution in [-0.4, -0.2) is 15.0 Å². The summed E-state index contributed by atoms with van der Waals surface area (Å²) in [6.45, 7) is 2.80. The molecule has 5 heteroatoms. The summed E-state index contributed by atoms with van der Waals surface area (Å²) in [5.74, 6) is 1.28. The first-order chi connectivity index (χ1) is 10.00. The van der Waals surface area contributed by atoms with E-state index in [1.54, 1.807) is 12.1 Å². The maximum absolute atomic E-state index is 12.1. The van der Waals surface area contributed by atoms with Crippen LogP contribution in [0.3, 0.4) is 0 Å². The van der Waals surface area contributed by atoms with Crippen molar-refractivity contribution in [3.8, 4) is 0 Å². The Balaban J connectivity index is 1.83. The molecule has 0 spiro atoms. The SMILES string of the molecule is CCC1CCC(CNS(=O)(=O)Cc2ccccc2N)CC1. The van der Waals surface area contributed by atoms with E-state index in [0.717, 1.165) is 18.8 Å². The molecule has 2 rings (SSSR count). The summed E-state index contributed by atoms with van der Waals surface area (Å²) in [6, 6.07) is 7.12. The molecule has 0 radical (unpaired) electrons. The lowest BCUT2D eigenvalue weighted by Crippen LogP contribution is -2.32. The number of sulfonamides is 1. The Labute approximate surface area is 128 Å². The quantitative estimate of drug-likeness (QED) is 0.794. The standard InChI is InChI=1S/C16H26N2O2S/c1-2-13-7-9-14(10-8-13)11-18-21(19,20)12-15-5-3-4-6-16(15)17/h3-6,13-14,18H,2,7-12,17H2,1H3. The van der Waals surface area contributed by atoms with Crippen LogP contribution in [0.1, 0.15) is 44.6 Å². The minimum absolute atomic E-state index is 0.0377. The largest absolute Gasteiger partial charge is 0.398 e. The topological polar surface area (TPSA) is 72.2 Å². The molecule has 21 heavy (non-hydrogen) atoms. The van der Waals surface area contributed by atoms with Crippen LogP contribution in [0.2, 0.25) is 0 Å². The van der Waals surface area contributed by atoms with Crippen LogP contribution >= 0.6 is 0 Å². The third kappa shape index (κ3) is 5.00. The molecule has 0 aliphatic heterocycles. The Morgan fingerprint density at radius 1 is 1.14 bits per heavy atom. The number of benzene rings is 1. The molecule has 1 aromatic rings. The van der Waals surface area contributed by atoms with Gasteiger partial charge < -0.3 is 5.73 Å². The number of hydrogen-bond acceptors (Lipinski definition) is 3. The van der Waals surface area contributed by atoms with Crippen molar-refractivity contribution < 1.29 is 8.42 Å². The summed E-state index contributed by atoms with van der Waals surface area (Å²) in [5.41, 5.74) is 7.01. The second kappa shape index (κ2) is 7.27. The first-order valence-electron chi connectivity index (χ1n) is 7.81. The highest BCUT2D eigenvalue weighted by Crippen LogP contribution is 2.30. The van der Waals surface area contributed by atoms with Gasteiger partial charge in [-0.1, -0.05) is 44.4 Å². The fraction of sp³-hybridized carbons (Fsp3) is 0.625. The van der Waals surface area contributed by atoms with Gasteiger partial charge in [0, 0.05) is 12.2 Å². The zero-order valence-electron chi connectivity index (χ0n) is 12.7. The van der Waals surface area contributed by atoms with E-state index in [-0.39, 0.29) is 5.75 Å². The average molecular weight is 310 g/mol. The van der Waals surface area contributed by atoms with Crippen molar-refractivity contribution in [2.45, 2.75) is 44.8 Å². The maximum Gasteiger partial charge on any atom is 0.215 e. The van der Waals surface area contributed by atoms with Gasteiger partial charge in [0.25, 0.3) is 0 Å². The van der Waals surface area contributed by atoms with Crippen LogP contribution in [0, 0.1) is 11.8 Å². The van der Waals surface area contributed by atoms with E-state index in [2.05, 4.69) is 11.6 Å². The number of para-hydroxylation sites is 1. The van der Waals surface area contributed by atoms with Crippen molar-refractivity contribution in [2.75, 3.05) is 12.3 Å². The molecule has 0 saturated heterocycles. The van der Waals surface area contributed by atoms with Crippen LogP contribution in [0.15, 0.2) is 24.3 Å². The van der Waals surface area contributed by atoms with Crippen molar-refractivity contribution in [2.24, 2.45) is 11.8 Å². The Bertz CT molecular complexity index is 549. The van der Waals surface area contributed by atoms with Crippen molar-refractivity contribution in [1.29, 1.82) is 0 Å². The molecule has 1 aromatic carbocycles. The summed E-state index contributed by atoms with van der Waals surface area (Å²) < 4.78 is 27.1. The number of nitrogen functional groups attached to an aromatic ring is 1. The molecule has 1 saturated carbocycles. The Kier molecular flexibility index (Phi) is 5.65. The summed E-state index contributed by atoms with van der Waals surface area (Å²) >= 11 is 0. The van der Waals surface area contributed by atoms with Gasteiger partial charge in [0.15, 0.2) is 0 Å². The highest BCUT2D eigenvalue weighted by Gasteiger charge is 2.22. The first-order valence-corrected chi connectivity index (χ1v) is 9.46. The third-order valence-corrected chi connectivity index (χ3v) is 5.83. The van der Waals surface area contributed by atoms with Gasteiger partial charge in [0.05, 0.1) is 5.75 Å². The molecular formula is C16H26N2O2S. The summed E-state index contributed by atoms with van der Waals surface area (Å²) in [6.07, 6.45) is 5.97. The first kappa shape index (κ1) is 16.3. The van der Waals surface area contributed by atoms with Crippen molar-refractivity contribution >= 4 is 15.7 Å². The Hall–Kier alpha value is -1.07. The Morgan fingerprint density at radius 2 is 1.76 bits per heavy atom. The molecule has 1 aliphatic rings. The number of nitrogens with one attached hydrogen (secondary N) is 1. The fourth-order valence-electron chi connectivity index (χ4n) is 3.01. The van der Waals surface area contributed by atoms with Gasteiger partial charge in [-0.2, -0.15) is 0 Å². The van der Waals surface area contributed by atoms with Crippen LogP contribution in [-0.2, 0) is 15.8 Å². The highest BCUT2D eigenvalue weighted by molar-refractivity contribution is 7.88.